The number of rotatable bonds is 7. The maximum Gasteiger partial charge on any atom is 0.318 e. The Morgan fingerprint density at radius 2 is 1.93 bits per heavy atom. The molecule has 1 atom stereocenters. The fraction of sp³-hybridized carbons (Fsp3) is 0.500. The van der Waals surface area contributed by atoms with Crippen LogP contribution in [-0.2, 0) is 16.0 Å². The Morgan fingerprint density at radius 1 is 1.26 bits per heavy atom. The number of nitrogens with one attached hydrogen (secondary N) is 2. The second kappa shape index (κ2) is 9.83. The Labute approximate surface area is 156 Å². The number of hydrogen-bond acceptors (Lipinski definition) is 4. The van der Waals surface area contributed by atoms with Crippen LogP contribution in [0.5, 0.6) is 0 Å². The summed E-state index contributed by atoms with van der Waals surface area (Å²) in [6, 6.07) is 7.84. The third-order valence-electron chi connectivity index (χ3n) is 4.06. The van der Waals surface area contributed by atoms with Gasteiger partial charge in [-0.2, -0.15) is 5.26 Å². The summed E-state index contributed by atoms with van der Waals surface area (Å²) < 4.78 is 34.2. The van der Waals surface area contributed by atoms with Gasteiger partial charge in [-0.05, 0) is 5.56 Å². The van der Waals surface area contributed by atoms with Gasteiger partial charge in [-0.25, -0.2) is 13.6 Å². The zero-order valence-corrected chi connectivity index (χ0v) is 14.8. The van der Waals surface area contributed by atoms with Crippen LogP contribution in [0.4, 0.5) is 13.6 Å². The van der Waals surface area contributed by atoms with Crippen LogP contribution in [0, 0.1) is 11.3 Å². The first-order valence-corrected chi connectivity index (χ1v) is 8.61. The first kappa shape index (κ1) is 20.6. The molecule has 0 aliphatic carbocycles. The topological polar surface area (TPSA) is 94.5 Å². The molecule has 2 N–H and O–H groups in total. The van der Waals surface area contributed by atoms with Gasteiger partial charge in [-0.3, -0.25) is 4.79 Å². The number of nitrogens with zero attached hydrogens (tertiary/aromatic N) is 2. The fourth-order valence-corrected chi connectivity index (χ4v) is 2.73. The van der Waals surface area contributed by atoms with Crippen LogP contribution in [0.3, 0.4) is 0 Å². The number of urea groups is 1. The van der Waals surface area contributed by atoms with Gasteiger partial charge in [0.2, 0.25) is 5.91 Å². The van der Waals surface area contributed by atoms with Crippen molar-refractivity contribution in [3.05, 3.63) is 35.9 Å². The molecule has 0 aromatic heterocycles. The van der Waals surface area contributed by atoms with E-state index >= 15 is 0 Å². The van der Waals surface area contributed by atoms with Gasteiger partial charge in [0.25, 0.3) is 5.92 Å². The third kappa shape index (κ3) is 6.83. The summed E-state index contributed by atoms with van der Waals surface area (Å²) in [5, 5.41) is 13.2. The minimum atomic E-state index is -3.21. The number of ether oxygens (including phenoxy) is 1. The van der Waals surface area contributed by atoms with Crippen LogP contribution in [0.25, 0.3) is 0 Å². The highest BCUT2D eigenvalue weighted by Crippen LogP contribution is 2.26. The number of nitriles is 1. The van der Waals surface area contributed by atoms with Crippen LogP contribution >= 0.6 is 0 Å². The molecule has 2 rings (SSSR count). The number of amides is 3. The van der Waals surface area contributed by atoms with Gasteiger partial charge in [-0.1, -0.05) is 30.3 Å². The first-order valence-electron chi connectivity index (χ1n) is 8.61. The average Bonchev–Trinajstić information content (AvgIpc) is 2.66. The molecule has 1 aromatic carbocycles. The van der Waals surface area contributed by atoms with Gasteiger partial charge in [0.1, 0.15) is 12.6 Å². The lowest BCUT2D eigenvalue weighted by Gasteiger charge is -2.30. The van der Waals surface area contributed by atoms with Gasteiger partial charge in [0.05, 0.1) is 19.3 Å². The Morgan fingerprint density at radius 3 is 2.56 bits per heavy atom. The molecule has 1 aliphatic rings. The van der Waals surface area contributed by atoms with Crippen LogP contribution in [0.1, 0.15) is 12.0 Å². The standard InChI is InChI=1S/C18H22F2N4O3/c19-18(20,12-14-4-2-1-3-5-14)13-15(16(25)22-7-6-21)23-17(26)24-8-10-27-11-9-24/h1-5,15H,7-13H2,(H,22,25)(H,23,26)/t15-/m0/s1. The molecule has 146 valence electrons. The number of benzene rings is 1. The predicted octanol–water partition coefficient (Wildman–Crippen LogP) is 1.30. The highest BCUT2D eigenvalue weighted by atomic mass is 19.3. The molecule has 0 spiro atoms. The highest BCUT2D eigenvalue weighted by Gasteiger charge is 2.37. The van der Waals surface area contributed by atoms with Crippen molar-refractivity contribution in [2.75, 3.05) is 32.8 Å². The predicted molar refractivity (Wildman–Crippen MR) is 93.0 cm³/mol. The summed E-state index contributed by atoms with van der Waals surface area (Å²) in [6.07, 6.45) is -1.42. The maximum atomic E-state index is 14.5. The molecule has 3 amide bonds. The second-order valence-electron chi connectivity index (χ2n) is 6.20. The molecular weight excluding hydrogens is 358 g/mol. The molecule has 1 aromatic rings. The van der Waals surface area contributed by atoms with Crippen molar-refractivity contribution in [2.45, 2.75) is 24.8 Å². The second-order valence-corrected chi connectivity index (χ2v) is 6.20. The van der Waals surface area contributed by atoms with E-state index in [1.54, 1.807) is 36.4 Å². The Kier molecular flexibility index (Phi) is 7.49. The summed E-state index contributed by atoms with van der Waals surface area (Å²) in [7, 11) is 0. The van der Waals surface area contributed by atoms with E-state index in [2.05, 4.69) is 10.6 Å². The van der Waals surface area contributed by atoms with E-state index in [9.17, 15) is 18.4 Å². The molecule has 0 saturated carbocycles. The van der Waals surface area contributed by atoms with Crippen molar-refractivity contribution in [3.63, 3.8) is 0 Å². The lowest BCUT2D eigenvalue weighted by molar-refractivity contribution is -0.125. The van der Waals surface area contributed by atoms with Gasteiger partial charge in [0.15, 0.2) is 0 Å². The smallest absolute Gasteiger partial charge is 0.318 e. The molecule has 0 radical (unpaired) electrons. The van der Waals surface area contributed by atoms with Crippen molar-refractivity contribution in [3.8, 4) is 6.07 Å². The zero-order chi connectivity index (χ0) is 19.7. The van der Waals surface area contributed by atoms with E-state index in [-0.39, 0.29) is 6.54 Å². The summed E-state index contributed by atoms with van der Waals surface area (Å²) in [5.74, 6) is -4.03. The molecule has 1 saturated heterocycles. The molecule has 1 aliphatic heterocycles. The SMILES string of the molecule is N#CCNC(=O)[C@H](CC(F)(F)Cc1ccccc1)NC(=O)N1CCOCC1. The van der Waals surface area contributed by atoms with Gasteiger partial charge in [-0.15, -0.1) is 0 Å². The van der Waals surface area contributed by atoms with E-state index in [1.807, 2.05) is 0 Å². The molecule has 1 heterocycles. The highest BCUT2D eigenvalue weighted by molar-refractivity contribution is 5.87. The fourth-order valence-electron chi connectivity index (χ4n) is 2.73. The van der Waals surface area contributed by atoms with E-state index in [4.69, 9.17) is 10.00 Å². The quantitative estimate of drug-likeness (QED) is 0.698. The minimum Gasteiger partial charge on any atom is -0.378 e. The average molecular weight is 380 g/mol. The number of carbonyl (C=O) groups is 2. The Bertz CT molecular complexity index is 673. The van der Waals surface area contributed by atoms with Crippen LogP contribution in [0.2, 0.25) is 0 Å². The molecule has 1 fully saturated rings. The van der Waals surface area contributed by atoms with Crippen LogP contribution < -0.4 is 10.6 Å². The molecule has 27 heavy (non-hydrogen) atoms. The molecule has 0 bridgehead atoms. The van der Waals surface area contributed by atoms with E-state index in [1.165, 1.54) is 4.90 Å². The largest absolute Gasteiger partial charge is 0.378 e. The van der Waals surface area contributed by atoms with E-state index in [0.717, 1.165) is 0 Å². The first-order chi connectivity index (χ1) is 12.9. The number of morpholine rings is 1. The minimum absolute atomic E-state index is 0.318. The van der Waals surface area contributed by atoms with Crippen molar-refractivity contribution < 1.29 is 23.1 Å². The molecule has 7 nitrogen and oxygen atoms in total. The Hall–Kier alpha value is -2.73. The van der Waals surface area contributed by atoms with Gasteiger partial charge < -0.3 is 20.3 Å². The summed E-state index contributed by atoms with van der Waals surface area (Å²) in [5.41, 5.74) is 0.429. The lowest BCUT2D eigenvalue weighted by atomic mass is 10.00. The number of halogens is 2. The van der Waals surface area contributed by atoms with Crippen molar-refractivity contribution in [1.82, 2.24) is 15.5 Å². The number of carbonyl (C=O) groups excluding carboxylic acids is 2. The van der Waals surface area contributed by atoms with Gasteiger partial charge in [0, 0.05) is 25.9 Å². The maximum absolute atomic E-state index is 14.5. The summed E-state index contributed by atoms with van der Waals surface area (Å²) in [6.45, 7) is 1.01. The Balaban J connectivity index is 2.05. The van der Waals surface area contributed by atoms with Crippen molar-refractivity contribution >= 4 is 11.9 Å². The molecular formula is C18H22F2N4O3. The summed E-state index contributed by atoms with van der Waals surface area (Å²) >= 11 is 0. The van der Waals surface area contributed by atoms with E-state index in [0.29, 0.717) is 31.9 Å². The van der Waals surface area contributed by atoms with Crippen molar-refractivity contribution in [2.24, 2.45) is 0 Å². The zero-order valence-electron chi connectivity index (χ0n) is 14.8. The monoisotopic (exact) mass is 380 g/mol. The third-order valence-corrected chi connectivity index (χ3v) is 4.06. The molecule has 9 heteroatoms. The molecule has 0 unspecified atom stereocenters. The van der Waals surface area contributed by atoms with E-state index < -0.39 is 36.7 Å². The normalized spacial score (nSPS) is 15.5. The number of hydrogen-bond donors (Lipinski definition) is 2. The van der Waals surface area contributed by atoms with Crippen LogP contribution in [0.15, 0.2) is 30.3 Å². The van der Waals surface area contributed by atoms with Crippen LogP contribution in [-0.4, -0.2) is 61.7 Å². The van der Waals surface area contributed by atoms with Gasteiger partial charge >= 0.3 is 6.03 Å². The summed E-state index contributed by atoms with van der Waals surface area (Å²) in [4.78, 5) is 25.9. The number of alkyl halides is 2. The van der Waals surface area contributed by atoms with Crippen molar-refractivity contribution in [1.29, 1.82) is 5.26 Å². The lowest BCUT2D eigenvalue weighted by Crippen LogP contribution is -2.55.